The molecule has 2 rings (SSSR count). The predicted molar refractivity (Wildman–Crippen MR) is 43.4 cm³/mol. The highest BCUT2D eigenvalue weighted by atomic mass is 16.5. The van der Waals surface area contributed by atoms with Crippen LogP contribution in [0.4, 0.5) is 0 Å². The van der Waals surface area contributed by atoms with Gasteiger partial charge in [0, 0.05) is 25.7 Å². The largest absolute Gasteiger partial charge is 0.374 e. The molecular weight excluding hydrogens is 140 g/mol. The highest BCUT2D eigenvalue weighted by molar-refractivity contribution is 4.87. The average Bonchev–Trinajstić information content (AvgIpc) is 2.87. The van der Waals surface area contributed by atoms with Gasteiger partial charge in [-0.15, -0.1) is 0 Å². The maximum absolute atomic E-state index is 5.53. The molecule has 2 fully saturated rings. The summed E-state index contributed by atoms with van der Waals surface area (Å²) in [5, 5.41) is 0. The zero-order valence-corrected chi connectivity index (χ0v) is 6.83. The van der Waals surface area contributed by atoms with Gasteiger partial charge in [-0.05, 0) is 12.8 Å². The summed E-state index contributed by atoms with van der Waals surface area (Å²) in [6.45, 7) is 3.71. The molecule has 1 unspecified atom stereocenters. The summed E-state index contributed by atoms with van der Waals surface area (Å²) >= 11 is 0. The normalized spacial score (nSPS) is 34.1. The minimum absolute atomic E-state index is 0.296. The van der Waals surface area contributed by atoms with Crippen molar-refractivity contribution in [1.82, 2.24) is 4.90 Å². The molecule has 1 saturated carbocycles. The Labute approximate surface area is 67.5 Å². The van der Waals surface area contributed by atoms with Crippen molar-refractivity contribution in [2.24, 2.45) is 5.73 Å². The van der Waals surface area contributed by atoms with Crippen molar-refractivity contribution in [3.63, 3.8) is 0 Å². The van der Waals surface area contributed by atoms with Gasteiger partial charge in [0.25, 0.3) is 0 Å². The number of rotatable bonds is 2. The Morgan fingerprint density at radius 2 is 2.27 bits per heavy atom. The fraction of sp³-hybridized carbons (Fsp3) is 1.00. The van der Waals surface area contributed by atoms with Crippen LogP contribution in [0.5, 0.6) is 0 Å². The van der Waals surface area contributed by atoms with Crippen molar-refractivity contribution >= 4 is 0 Å². The molecule has 2 N–H and O–H groups in total. The Kier molecular flexibility index (Phi) is 2.11. The number of nitrogens with two attached hydrogens (primary N) is 1. The van der Waals surface area contributed by atoms with Gasteiger partial charge < -0.3 is 10.5 Å². The van der Waals surface area contributed by atoms with Crippen LogP contribution in [0.15, 0.2) is 0 Å². The summed E-state index contributed by atoms with van der Waals surface area (Å²) in [6, 6.07) is 0.868. The number of hydrogen-bond acceptors (Lipinski definition) is 3. The zero-order chi connectivity index (χ0) is 7.68. The van der Waals surface area contributed by atoms with Gasteiger partial charge in [-0.25, -0.2) is 0 Å². The molecule has 0 aromatic heterocycles. The van der Waals surface area contributed by atoms with E-state index in [9.17, 15) is 0 Å². The molecule has 1 saturated heterocycles. The third-order valence-corrected chi connectivity index (χ3v) is 2.50. The average molecular weight is 156 g/mol. The smallest absolute Gasteiger partial charge is 0.0824 e. The first-order valence-electron chi connectivity index (χ1n) is 4.46. The maximum atomic E-state index is 5.53. The number of nitrogens with zero attached hydrogens (tertiary/aromatic N) is 1. The summed E-state index contributed by atoms with van der Waals surface area (Å²) in [5.41, 5.74) is 5.53. The Morgan fingerprint density at radius 3 is 2.91 bits per heavy atom. The zero-order valence-electron chi connectivity index (χ0n) is 6.83. The van der Waals surface area contributed by atoms with E-state index in [0.717, 1.165) is 25.7 Å². The van der Waals surface area contributed by atoms with E-state index in [-0.39, 0.29) is 0 Å². The minimum atomic E-state index is 0.296. The van der Waals surface area contributed by atoms with E-state index >= 15 is 0 Å². The van der Waals surface area contributed by atoms with Crippen LogP contribution in [-0.4, -0.2) is 43.3 Å². The Balaban J connectivity index is 1.82. The lowest BCUT2D eigenvalue weighted by Gasteiger charge is -2.32. The Morgan fingerprint density at radius 1 is 1.45 bits per heavy atom. The van der Waals surface area contributed by atoms with E-state index in [2.05, 4.69) is 4.90 Å². The molecular formula is C8H16N2O. The first-order chi connectivity index (χ1) is 5.40. The molecule has 11 heavy (non-hydrogen) atoms. The van der Waals surface area contributed by atoms with Crippen LogP contribution in [0.2, 0.25) is 0 Å². The van der Waals surface area contributed by atoms with Gasteiger partial charge in [-0.3, -0.25) is 4.90 Å². The highest BCUT2D eigenvalue weighted by Crippen LogP contribution is 2.27. The van der Waals surface area contributed by atoms with Gasteiger partial charge in [0.2, 0.25) is 0 Å². The topological polar surface area (TPSA) is 38.5 Å². The SMILES string of the molecule is NCC1CN(C2CC2)CCO1. The summed E-state index contributed by atoms with van der Waals surface area (Å²) < 4.78 is 5.47. The number of hydrogen-bond donors (Lipinski definition) is 1. The second-order valence-corrected chi connectivity index (χ2v) is 3.45. The lowest BCUT2D eigenvalue weighted by Crippen LogP contribution is -2.46. The van der Waals surface area contributed by atoms with Crippen molar-refractivity contribution in [2.45, 2.75) is 25.0 Å². The molecule has 1 atom stereocenters. The fourth-order valence-corrected chi connectivity index (χ4v) is 1.66. The fourth-order valence-electron chi connectivity index (χ4n) is 1.66. The molecule has 1 aliphatic heterocycles. The van der Waals surface area contributed by atoms with E-state index < -0.39 is 0 Å². The molecule has 0 aromatic rings. The third-order valence-electron chi connectivity index (χ3n) is 2.50. The third kappa shape index (κ3) is 1.72. The van der Waals surface area contributed by atoms with Crippen LogP contribution in [0.3, 0.4) is 0 Å². The van der Waals surface area contributed by atoms with Gasteiger partial charge in [0.1, 0.15) is 0 Å². The van der Waals surface area contributed by atoms with Crippen LogP contribution in [0, 0.1) is 0 Å². The van der Waals surface area contributed by atoms with E-state index in [1.165, 1.54) is 12.8 Å². The first-order valence-corrected chi connectivity index (χ1v) is 4.46. The van der Waals surface area contributed by atoms with Gasteiger partial charge in [0.05, 0.1) is 12.7 Å². The molecule has 3 heteroatoms. The standard InChI is InChI=1S/C8H16N2O/c9-5-8-6-10(3-4-11-8)7-1-2-7/h7-8H,1-6,9H2. The first kappa shape index (κ1) is 7.53. The van der Waals surface area contributed by atoms with E-state index in [1.54, 1.807) is 0 Å². The van der Waals surface area contributed by atoms with Crippen LogP contribution in [-0.2, 0) is 4.74 Å². The van der Waals surface area contributed by atoms with Crippen molar-refractivity contribution in [2.75, 3.05) is 26.2 Å². The lowest BCUT2D eigenvalue weighted by atomic mass is 10.2. The number of morpholine rings is 1. The summed E-state index contributed by atoms with van der Waals surface area (Å²) in [4.78, 5) is 2.51. The molecule has 64 valence electrons. The molecule has 0 radical (unpaired) electrons. The summed E-state index contributed by atoms with van der Waals surface area (Å²) in [6.07, 6.45) is 3.07. The van der Waals surface area contributed by atoms with Crippen LogP contribution >= 0.6 is 0 Å². The van der Waals surface area contributed by atoms with Crippen LogP contribution in [0.1, 0.15) is 12.8 Å². The Bertz CT molecular complexity index is 136. The molecule has 3 nitrogen and oxygen atoms in total. The second-order valence-electron chi connectivity index (χ2n) is 3.45. The second kappa shape index (κ2) is 3.09. The quantitative estimate of drug-likeness (QED) is 0.602. The van der Waals surface area contributed by atoms with Gasteiger partial charge in [-0.1, -0.05) is 0 Å². The monoisotopic (exact) mass is 156 g/mol. The van der Waals surface area contributed by atoms with E-state index in [4.69, 9.17) is 10.5 Å². The van der Waals surface area contributed by atoms with Gasteiger partial charge >= 0.3 is 0 Å². The van der Waals surface area contributed by atoms with E-state index in [0.29, 0.717) is 12.6 Å². The van der Waals surface area contributed by atoms with Gasteiger partial charge in [-0.2, -0.15) is 0 Å². The molecule has 0 amide bonds. The molecule has 0 spiro atoms. The summed E-state index contributed by atoms with van der Waals surface area (Å²) in [5.74, 6) is 0. The van der Waals surface area contributed by atoms with Crippen molar-refractivity contribution in [1.29, 1.82) is 0 Å². The highest BCUT2D eigenvalue weighted by Gasteiger charge is 2.32. The minimum Gasteiger partial charge on any atom is -0.374 e. The van der Waals surface area contributed by atoms with Crippen LogP contribution < -0.4 is 5.73 Å². The van der Waals surface area contributed by atoms with Crippen LogP contribution in [0.25, 0.3) is 0 Å². The maximum Gasteiger partial charge on any atom is 0.0824 e. The molecule has 0 bridgehead atoms. The predicted octanol–water partition coefficient (Wildman–Crippen LogP) is -0.192. The lowest BCUT2D eigenvalue weighted by molar-refractivity contribution is -0.0261. The molecule has 0 aromatic carbocycles. The van der Waals surface area contributed by atoms with E-state index in [1.807, 2.05) is 0 Å². The molecule has 1 heterocycles. The number of ether oxygens (including phenoxy) is 1. The van der Waals surface area contributed by atoms with Gasteiger partial charge in [0.15, 0.2) is 0 Å². The van der Waals surface area contributed by atoms with Crippen molar-refractivity contribution in [3.05, 3.63) is 0 Å². The van der Waals surface area contributed by atoms with Crippen molar-refractivity contribution in [3.8, 4) is 0 Å². The molecule has 1 aliphatic carbocycles. The Hall–Kier alpha value is -0.120. The molecule has 2 aliphatic rings. The summed E-state index contributed by atoms with van der Waals surface area (Å²) in [7, 11) is 0. The van der Waals surface area contributed by atoms with Crippen molar-refractivity contribution < 1.29 is 4.74 Å².